The van der Waals surface area contributed by atoms with Crippen molar-refractivity contribution in [3.8, 4) is 11.1 Å². The topological polar surface area (TPSA) is 55.1 Å². The highest BCUT2D eigenvalue weighted by Gasteiger charge is 2.12. The third kappa shape index (κ3) is 2.59. The van der Waals surface area contributed by atoms with Gasteiger partial charge >= 0.3 is 5.97 Å². The number of hydrogen-bond donors (Lipinski definition) is 1. The summed E-state index contributed by atoms with van der Waals surface area (Å²) in [4.78, 5) is 11.2. The van der Waals surface area contributed by atoms with Crippen LogP contribution in [0.2, 0.25) is 0 Å². The van der Waals surface area contributed by atoms with Gasteiger partial charge in [0.15, 0.2) is 0 Å². The second-order valence-corrected chi connectivity index (χ2v) is 4.70. The summed E-state index contributed by atoms with van der Waals surface area (Å²) in [5, 5.41) is 13.4. The lowest BCUT2D eigenvalue weighted by atomic mass is 10.0. The molecule has 1 N–H and O–H groups in total. The Labute approximate surface area is 106 Å². The summed E-state index contributed by atoms with van der Waals surface area (Å²) >= 11 is 0. The van der Waals surface area contributed by atoms with Gasteiger partial charge in [0.25, 0.3) is 0 Å². The van der Waals surface area contributed by atoms with Gasteiger partial charge in [-0.25, -0.2) is 4.79 Å². The zero-order chi connectivity index (χ0) is 13.1. The summed E-state index contributed by atoms with van der Waals surface area (Å²) in [6.07, 6.45) is 3.60. The Morgan fingerprint density at radius 2 is 2.11 bits per heavy atom. The number of aromatic carboxylic acids is 1. The van der Waals surface area contributed by atoms with Gasteiger partial charge in [-0.1, -0.05) is 32.0 Å². The zero-order valence-corrected chi connectivity index (χ0v) is 10.5. The van der Waals surface area contributed by atoms with E-state index in [1.807, 2.05) is 16.9 Å². The van der Waals surface area contributed by atoms with Crippen LogP contribution in [0.4, 0.5) is 0 Å². The molecule has 0 spiro atoms. The van der Waals surface area contributed by atoms with Crippen LogP contribution in [0.1, 0.15) is 24.2 Å². The van der Waals surface area contributed by atoms with Crippen molar-refractivity contribution in [2.75, 3.05) is 0 Å². The van der Waals surface area contributed by atoms with Gasteiger partial charge < -0.3 is 5.11 Å². The molecule has 4 heteroatoms. The summed E-state index contributed by atoms with van der Waals surface area (Å²) in [6.45, 7) is 5.06. The van der Waals surface area contributed by atoms with Crippen molar-refractivity contribution in [1.82, 2.24) is 9.78 Å². The first-order chi connectivity index (χ1) is 8.58. The van der Waals surface area contributed by atoms with Crippen LogP contribution in [0, 0.1) is 5.92 Å². The molecule has 2 rings (SSSR count). The van der Waals surface area contributed by atoms with Crippen LogP contribution in [-0.4, -0.2) is 20.9 Å². The van der Waals surface area contributed by atoms with E-state index in [9.17, 15) is 4.79 Å². The first-order valence-corrected chi connectivity index (χ1v) is 5.93. The van der Waals surface area contributed by atoms with Crippen LogP contribution in [0.5, 0.6) is 0 Å². The van der Waals surface area contributed by atoms with Crippen LogP contribution in [-0.2, 0) is 6.54 Å². The molecular weight excluding hydrogens is 228 g/mol. The number of rotatable bonds is 4. The van der Waals surface area contributed by atoms with Gasteiger partial charge in [-0.2, -0.15) is 5.10 Å². The molecule has 0 fully saturated rings. The lowest BCUT2D eigenvalue weighted by Crippen LogP contribution is -2.04. The molecule has 94 valence electrons. The lowest BCUT2D eigenvalue weighted by Gasteiger charge is -2.04. The minimum atomic E-state index is -0.915. The number of carboxylic acids is 1. The maximum atomic E-state index is 11.2. The van der Waals surface area contributed by atoms with E-state index in [-0.39, 0.29) is 0 Å². The number of aromatic nitrogens is 2. The average molecular weight is 244 g/mol. The number of carbonyl (C=O) groups is 1. The van der Waals surface area contributed by atoms with Crippen LogP contribution < -0.4 is 0 Å². The molecule has 0 radical (unpaired) electrons. The molecule has 2 aromatic rings. The summed E-state index contributed by atoms with van der Waals surface area (Å²) < 4.78 is 1.85. The largest absolute Gasteiger partial charge is 0.478 e. The second-order valence-electron chi connectivity index (χ2n) is 4.70. The molecule has 0 aliphatic rings. The van der Waals surface area contributed by atoms with Crippen LogP contribution in [0.25, 0.3) is 11.1 Å². The number of carboxylic acid groups (broad SMARTS) is 1. The molecule has 18 heavy (non-hydrogen) atoms. The number of benzene rings is 1. The van der Waals surface area contributed by atoms with E-state index < -0.39 is 5.97 Å². The lowest BCUT2D eigenvalue weighted by molar-refractivity contribution is 0.0697. The molecule has 0 aliphatic carbocycles. The number of hydrogen-bond acceptors (Lipinski definition) is 2. The summed E-state index contributed by atoms with van der Waals surface area (Å²) in [5.41, 5.74) is 1.86. The van der Waals surface area contributed by atoms with E-state index in [4.69, 9.17) is 5.11 Å². The Balaban J connectivity index is 2.37. The SMILES string of the molecule is CC(C)Cn1cc(-c2ccccc2C(=O)O)cn1. The minimum absolute atomic E-state index is 0.307. The molecule has 0 unspecified atom stereocenters. The van der Waals surface area contributed by atoms with Crippen molar-refractivity contribution in [2.24, 2.45) is 5.92 Å². The van der Waals surface area contributed by atoms with Crippen molar-refractivity contribution in [3.63, 3.8) is 0 Å². The van der Waals surface area contributed by atoms with Crippen molar-refractivity contribution >= 4 is 5.97 Å². The first kappa shape index (κ1) is 12.4. The van der Waals surface area contributed by atoms with Crippen molar-refractivity contribution in [3.05, 3.63) is 42.2 Å². The average Bonchev–Trinajstić information content (AvgIpc) is 2.76. The Hall–Kier alpha value is -2.10. The third-order valence-corrected chi connectivity index (χ3v) is 2.65. The fourth-order valence-corrected chi connectivity index (χ4v) is 1.90. The molecule has 1 heterocycles. The van der Waals surface area contributed by atoms with Gasteiger partial charge in [0.1, 0.15) is 0 Å². The fourth-order valence-electron chi connectivity index (χ4n) is 1.90. The predicted molar refractivity (Wildman–Crippen MR) is 69.5 cm³/mol. The molecule has 1 aromatic carbocycles. The maximum absolute atomic E-state index is 11.2. The summed E-state index contributed by atoms with van der Waals surface area (Å²) in [7, 11) is 0. The van der Waals surface area contributed by atoms with E-state index >= 15 is 0 Å². The van der Waals surface area contributed by atoms with Crippen molar-refractivity contribution in [2.45, 2.75) is 20.4 Å². The third-order valence-electron chi connectivity index (χ3n) is 2.65. The Morgan fingerprint density at radius 1 is 1.39 bits per heavy atom. The smallest absolute Gasteiger partial charge is 0.336 e. The van der Waals surface area contributed by atoms with E-state index in [1.54, 1.807) is 24.4 Å². The fraction of sp³-hybridized carbons (Fsp3) is 0.286. The normalized spacial score (nSPS) is 10.8. The van der Waals surface area contributed by atoms with E-state index in [1.165, 1.54) is 0 Å². The zero-order valence-electron chi connectivity index (χ0n) is 10.5. The highest BCUT2D eigenvalue weighted by molar-refractivity contribution is 5.95. The van der Waals surface area contributed by atoms with Gasteiger partial charge in [-0.05, 0) is 17.5 Å². The monoisotopic (exact) mass is 244 g/mol. The maximum Gasteiger partial charge on any atom is 0.336 e. The molecular formula is C14H16N2O2. The van der Waals surface area contributed by atoms with E-state index in [2.05, 4.69) is 18.9 Å². The molecule has 0 bridgehead atoms. The second kappa shape index (κ2) is 5.04. The van der Waals surface area contributed by atoms with Crippen LogP contribution >= 0.6 is 0 Å². The van der Waals surface area contributed by atoms with Crippen molar-refractivity contribution < 1.29 is 9.90 Å². The standard InChI is InChI=1S/C14H16N2O2/c1-10(2)8-16-9-11(7-15-16)12-5-3-4-6-13(12)14(17)18/h3-7,9-10H,8H2,1-2H3,(H,17,18). The Bertz CT molecular complexity index is 558. The Morgan fingerprint density at radius 3 is 2.78 bits per heavy atom. The molecule has 4 nitrogen and oxygen atoms in total. The van der Waals surface area contributed by atoms with Gasteiger partial charge in [0.05, 0.1) is 11.8 Å². The highest BCUT2D eigenvalue weighted by Crippen LogP contribution is 2.23. The molecule has 0 aliphatic heterocycles. The van der Waals surface area contributed by atoms with E-state index in [0.717, 1.165) is 12.1 Å². The highest BCUT2D eigenvalue weighted by atomic mass is 16.4. The van der Waals surface area contributed by atoms with Gasteiger partial charge in [0, 0.05) is 18.3 Å². The van der Waals surface area contributed by atoms with Gasteiger partial charge in [-0.15, -0.1) is 0 Å². The quantitative estimate of drug-likeness (QED) is 0.899. The molecule has 0 saturated heterocycles. The minimum Gasteiger partial charge on any atom is -0.478 e. The van der Waals surface area contributed by atoms with E-state index in [0.29, 0.717) is 17.0 Å². The van der Waals surface area contributed by atoms with Crippen LogP contribution in [0.15, 0.2) is 36.7 Å². The predicted octanol–water partition coefficient (Wildman–Crippen LogP) is 2.90. The van der Waals surface area contributed by atoms with Gasteiger partial charge in [-0.3, -0.25) is 4.68 Å². The van der Waals surface area contributed by atoms with Gasteiger partial charge in [0.2, 0.25) is 0 Å². The Kier molecular flexibility index (Phi) is 3.46. The molecule has 0 saturated carbocycles. The summed E-state index contributed by atoms with van der Waals surface area (Å²) in [6, 6.07) is 6.98. The number of nitrogens with zero attached hydrogens (tertiary/aromatic N) is 2. The first-order valence-electron chi connectivity index (χ1n) is 5.93. The summed E-state index contributed by atoms with van der Waals surface area (Å²) in [5.74, 6) is -0.408. The molecule has 0 amide bonds. The molecule has 0 atom stereocenters. The van der Waals surface area contributed by atoms with Crippen molar-refractivity contribution in [1.29, 1.82) is 0 Å². The van der Waals surface area contributed by atoms with Crippen LogP contribution in [0.3, 0.4) is 0 Å². The molecule has 1 aromatic heterocycles.